The maximum atomic E-state index is 14.4. The molecule has 1 aliphatic rings. The fraction of sp³-hybridized carbons (Fsp3) is 0.475. The Morgan fingerprint density at radius 3 is 2.21 bits per heavy atom. The van der Waals surface area contributed by atoms with Crippen LogP contribution in [0.1, 0.15) is 95.8 Å². The molecule has 0 aliphatic heterocycles. The standard InChI is InChI=1S/C40H50O3/c1-25-13-12-16-34(29(25)5)37(42)24-33(23-31-14-10-9-11-15-31)30(6)39(43)35-19-20-40(7,8)38(35)36(41)18-17-32-22-27(3)26(2)21-28(32)4/h9-16,21-22,30,33,35,38H,17-20,23-24H2,1-8H3. The molecule has 0 aromatic heterocycles. The molecule has 0 radical (unpaired) electrons. The number of carbonyl (C=O) groups excluding carboxylic acids is 3. The lowest BCUT2D eigenvalue weighted by Crippen LogP contribution is -2.38. The molecule has 0 amide bonds. The average molecular weight is 579 g/mol. The normalized spacial score (nSPS) is 19.2. The largest absolute Gasteiger partial charge is 0.299 e. The van der Waals surface area contributed by atoms with Crippen LogP contribution in [0.5, 0.6) is 0 Å². The van der Waals surface area contributed by atoms with Gasteiger partial charge in [0.15, 0.2) is 5.78 Å². The molecule has 3 heteroatoms. The third-order valence-electron chi connectivity index (χ3n) is 10.5. The third kappa shape index (κ3) is 7.43. The van der Waals surface area contributed by atoms with Crippen molar-refractivity contribution in [3.63, 3.8) is 0 Å². The van der Waals surface area contributed by atoms with Gasteiger partial charge >= 0.3 is 0 Å². The molecule has 4 rings (SSSR count). The second-order valence-corrected chi connectivity index (χ2v) is 14.0. The highest BCUT2D eigenvalue weighted by Gasteiger charge is 2.49. The van der Waals surface area contributed by atoms with E-state index in [4.69, 9.17) is 0 Å². The zero-order valence-electron chi connectivity index (χ0n) is 27.6. The fourth-order valence-electron chi connectivity index (χ4n) is 7.38. The van der Waals surface area contributed by atoms with Crippen molar-refractivity contribution in [2.75, 3.05) is 0 Å². The van der Waals surface area contributed by atoms with Crippen molar-refractivity contribution in [3.8, 4) is 0 Å². The van der Waals surface area contributed by atoms with Crippen LogP contribution in [0, 0.1) is 63.7 Å². The Morgan fingerprint density at radius 2 is 1.51 bits per heavy atom. The Kier molecular flexibility index (Phi) is 10.3. The minimum Gasteiger partial charge on any atom is -0.299 e. The van der Waals surface area contributed by atoms with Gasteiger partial charge in [0.2, 0.25) is 0 Å². The van der Waals surface area contributed by atoms with Crippen molar-refractivity contribution >= 4 is 17.3 Å². The van der Waals surface area contributed by atoms with E-state index in [-0.39, 0.29) is 46.4 Å². The molecule has 3 aromatic rings. The summed E-state index contributed by atoms with van der Waals surface area (Å²) in [6, 6.07) is 20.4. The summed E-state index contributed by atoms with van der Waals surface area (Å²) in [6.45, 7) is 16.7. The molecule has 0 N–H and O–H groups in total. The topological polar surface area (TPSA) is 51.2 Å². The molecule has 3 nitrogen and oxygen atoms in total. The van der Waals surface area contributed by atoms with E-state index in [9.17, 15) is 14.4 Å². The Labute approximate surface area is 259 Å². The fourth-order valence-corrected chi connectivity index (χ4v) is 7.38. The molecular formula is C40H50O3. The van der Waals surface area contributed by atoms with Crippen molar-refractivity contribution < 1.29 is 14.4 Å². The van der Waals surface area contributed by atoms with E-state index in [1.54, 1.807) is 0 Å². The van der Waals surface area contributed by atoms with E-state index in [1.807, 2.05) is 57.2 Å². The van der Waals surface area contributed by atoms with Gasteiger partial charge in [0.1, 0.15) is 11.6 Å². The first-order chi connectivity index (χ1) is 20.3. The summed E-state index contributed by atoms with van der Waals surface area (Å²) in [5.74, 6) is -0.609. The minimum absolute atomic E-state index is 0.0879. The van der Waals surface area contributed by atoms with Crippen LogP contribution in [0.4, 0.5) is 0 Å². The van der Waals surface area contributed by atoms with Crippen molar-refractivity contribution in [1.82, 2.24) is 0 Å². The smallest absolute Gasteiger partial charge is 0.163 e. The highest BCUT2D eigenvalue weighted by Crippen LogP contribution is 2.49. The Bertz CT molecular complexity index is 1480. The first kappa shape index (κ1) is 32.6. The summed E-state index contributed by atoms with van der Waals surface area (Å²) in [6.07, 6.45) is 3.72. The highest BCUT2D eigenvalue weighted by atomic mass is 16.1. The summed E-state index contributed by atoms with van der Waals surface area (Å²) >= 11 is 0. The first-order valence-electron chi connectivity index (χ1n) is 16.1. The van der Waals surface area contributed by atoms with Crippen molar-refractivity contribution in [2.24, 2.45) is 29.1 Å². The van der Waals surface area contributed by atoms with Crippen molar-refractivity contribution in [2.45, 2.75) is 93.9 Å². The number of hydrogen-bond acceptors (Lipinski definition) is 3. The van der Waals surface area contributed by atoms with Crippen LogP contribution in [-0.2, 0) is 22.4 Å². The van der Waals surface area contributed by atoms with Gasteiger partial charge in [-0.3, -0.25) is 14.4 Å². The Morgan fingerprint density at radius 1 is 0.837 bits per heavy atom. The number of rotatable bonds is 12. The molecule has 0 bridgehead atoms. The van der Waals surface area contributed by atoms with Gasteiger partial charge in [0.25, 0.3) is 0 Å². The van der Waals surface area contributed by atoms with E-state index in [0.29, 0.717) is 25.7 Å². The molecule has 228 valence electrons. The predicted molar refractivity (Wildman–Crippen MR) is 177 cm³/mol. The van der Waals surface area contributed by atoms with Gasteiger partial charge in [0.05, 0.1) is 0 Å². The predicted octanol–water partition coefficient (Wildman–Crippen LogP) is 9.12. The lowest BCUT2D eigenvalue weighted by Gasteiger charge is -2.32. The zero-order valence-corrected chi connectivity index (χ0v) is 27.6. The van der Waals surface area contributed by atoms with Gasteiger partial charge in [-0.15, -0.1) is 0 Å². The van der Waals surface area contributed by atoms with Crippen LogP contribution in [-0.4, -0.2) is 17.3 Å². The van der Waals surface area contributed by atoms with Crippen LogP contribution in [0.25, 0.3) is 0 Å². The van der Waals surface area contributed by atoms with Crippen LogP contribution >= 0.6 is 0 Å². The number of benzene rings is 3. The van der Waals surface area contributed by atoms with Crippen LogP contribution in [0.15, 0.2) is 60.7 Å². The van der Waals surface area contributed by atoms with Gasteiger partial charge in [-0.25, -0.2) is 0 Å². The minimum atomic E-state index is -0.328. The zero-order chi connectivity index (χ0) is 31.5. The maximum Gasteiger partial charge on any atom is 0.163 e. The monoisotopic (exact) mass is 578 g/mol. The van der Waals surface area contributed by atoms with E-state index in [2.05, 4.69) is 58.9 Å². The van der Waals surface area contributed by atoms with E-state index < -0.39 is 0 Å². The molecular weight excluding hydrogens is 528 g/mol. The third-order valence-corrected chi connectivity index (χ3v) is 10.5. The summed E-state index contributed by atoms with van der Waals surface area (Å²) in [4.78, 5) is 42.0. The van der Waals surface area contributed by atoms with Crippen LogP contribution < -0.4 is 0 Å². The average Bonchev–Trinajstić information content (AvgIpc) is 3.29. The summed E-state index contributed by atoms with van der Waals surface area (Å²) in [5, 5.41) is 0. The Balaban J connectivity index is 1.56. The first-order valence-corrected chi connectivity index (χ1v) is 16.1. The van der Waals surface area contributed by atoms with Gasteiger partial charge in [-0.2, -0.15) is 0 Å². The van der Waals surface area contributed by atoms with Gasteiger partial charge in [0, 0.05) is 36.2 Å². The number of ketones is 3. The molecule has 3 aromatic carbocycles. The molecule has 4 unspecified atom stereocenters. The second-order valence-electron chi connectivity index (χ2n) is 14.0. The van der Waals surface area contributed by atoms with Gasteiger partial charge in [-0.1, -0.05) is 81.4 Å². The van der Waals surface area contributed by atoms with Crippen molar-refractivity contribution in [1.29, 1.82) is 0 Å². The quantitative estimate of drug-likeness (QED) is 0.201. The van der Waals surface area contributed by atoms with E-state index in [1.165, 1.54) is 22.3 Å². The molecule has 0 spiro atoms. The Hall–Kier alpha value is -3.33. The van der Waals surface area contributed by atoms with Gasteiger partial charge in [-0.05, 0) is 111 Å². The maximum absolute atomic E-state index is 14.4. The second kappa shape index (κ2) is 13.5. The lowest BCUT2D eigenvalue weighted by atomic mass is 9.70. The van der Waals surface area contributed by atoms with Gasteiger partial charge < -0.3 is 0 Å². The molecule has 43 heavy (non-hydrogen) atoms. The molecule has 0 heterocycles. The van der Waals surface area contributed by atoms with Crippen molar-refractivity contribution in [3.05, 3.63) is 105 Å². The summed E-state index contributed by atoms with van der Waals surface area (Å²) in [5.41, 5.74) is 8.71. The molecule has 4 atom stereocenters. The number of carbonyl (C=O) groups is 3. The lowest BCUT2D eigenvalue weighted by molar-refractivity contribution is -0.136. The molecule has 1 aliphatic carbocycles. The highest BCUT2D eigenvalue weighted by molar-refractivity contribution is 5.98. The number of aryl methyl sites for hydroxylation is 5. The molecule has 1 fully saturated rings. The van der Waals surface area contributed by atoms with E-state index >= 15 is 0 Å². The van der Waals surface area contributed by atoms with Crippen LogP contribution in [0.2, 0.25) is 0 Å². The molecule has 1 saturated carbocycles. The number of hydrogen-bond donors (Lipinski definition) is 0. The van der Waals surface area contributed by atoms with Crippen LogP contribution in [0.3, 0.4) is 0 Å². The summed E-state index contributed by atoms with van der Waals surface area (Å²) < 4.78 is 0. The SMILES string of the molecule is Cc1cc(C)c(CCC(=O)C2C(C(=O)C(C)C(CC(=O)c3cccc(C)c3C)Cc3ccccc3)CCC2(C)C)cc1C. The summed E-state index contributed by atoms with van der Waals surface area (Å²) in [7, 11) is 0. The molecule has 0 saturated heterocycles. The number of Topliss-reactive ketones (excluding diaryl/α,β-unsaturated/α-hetero) is 3. The van der Waals surface area contributed by atoms with E-state index in [0.717, 1.165) is 35.1 Å².